The third kappa shape index (κ3) is 2.19. The summed E-state index contributed by atoms with van der Waals surface area (Å²) in [4.78, 5) is 11.5. The standard InChI is InChI=1S/C12H12O/c1-3-7-12(13)11-9-6-5-8-10(11)4-2/h1,5-6,8-9H,4,7H2,2H3. The van der Waals surface area contributed by atoms with Crippen LogP contribution in [0.1, 0.15) is 29.3 Å². The van der Waals surface area contributed by atoms with Crippen molar-refractivity contribution >= 4 is 5.78 Å². The highest BCUT2D eigenvalue weighted by molar-refractivity contribution is 5.98. The van der Waals surface area contributed by atoms with Crippen molar-refractivity contribution in [2.45, 2.75) is 19.8 Å². The number of carbonyl (C=O) groups excluding carboxylic acids is 1. The van der Waals surface area contributed by atoms with E-state index in [4.69, 9.17) is 6.42 Å². The lowest BCUT2D eigenvalue weighted by Crippen LogP contribution is -2.01. The van der Waals surface area contributed by atoms with Gasteiger partial charge in [-0.15, -0.1) is 6.42 Å². The van der Waals surface area contributed by atoms with Gasteiger partial charge in [-0.1, -0.05) is 37.1 Å². The van der Waals surface area contributed by atoms with Gasteiger partial charge in [-0.25, -0.2) is 0 Å². The fourth-order valence-electron chi connectivity index (χ4n) is 1.29. The molecule has 0 fully saturated rings. The van der Waals surface area contributed by atoms with E-state index in [0.29, 0.717) is 0 Å². The van der Waals surface area contributed by atoms with E-state index in [2.05, 4.69) is 5.92 Å². The Kier molecular flexibility index (Phi) is 3.28. The SMILES string of the molecule is C#CCC(=O)c1ccccc1CC. The summed E-state index contributed by atoms with van der Waals surface area (Å²) >= 11 is 0. The van der Waals surface area contributed by atoms with Gasteiger partial charge in [-0.2, -0.15) is 0 Å². The van der Waals surface area contributed by atoms with E-state index < -0.39 is 0 Å². The molecule has 0 saturated heterocycles. The van der Waals surface area contributed by atoms with E-state index >= 15 is 0 Å². The van der Waals surface area contributed by atoms with E-state index in [-0.39, 0.29) is 12.2 Å². The molecule has 0 amide bonds. The maximum atomic E-state index is 11.5. The molecule has 1 nitrogen and oxygen atoms in total. The fraction of sp³-hybridized carbons (Fsp3) is 0.250. The first-order chi connectivity index (χ1) is 6.29. The van der Waals surface area contributed by atoms with Crippen LogP contribution in [0.25, 0.3) is 0 Å². The normalized spacial score (nSPS) is 9.23. The van der Waals surface area contributed by atoms with Crippen LogP contribution in [0.4, 0.5) is 0 Å². The van der Waals surface area contributed by atoms with Crippen molar-refractivity contribution in [3.8, 4) is 12.3 Å². The van der Waals surface area contributed by atoms with Crippen LogP contribution in [-0.4, -0.2) is 5.78 Å². The molecule has 0 aliphatic heterocycles. The summed E-state index contributed by atoms with van der Waals surface area (Å²) in [5, 5.41) is 0. The average Bonchev–Trinajstić information content (AvgIpc) is 2.18. The first kappa shape index (κ1) is 9.54. The Labute approximate surface area is 78.8 Å². The second-order valence-corrected chi connectivity index (χ2v) is 2.81. The van der Waals surface area contributed by atoms with Crippen molar-refractivity contribution in [3.63, 3.8) is 0 Å². The summed E-state index contributed by atoms with van der Waals surface area (Å²) in [6.45, 7) is 2.03. The minimum atomic E-state index is 0.0416. The van der Waals surface area contributed by atoms with Crippen molar-refractivity contribution in [2.24, 2.45) is 0 Å². The third-order valence-electron chi connectivity index (χ3n) is 1.96. The number of terminal acetylenes is 1. The molecule has 0 unspecified atom stereocenters. The van der Waals surface area contributed by atoms with Crippen LogP contribution in [-0.2, 0) is 6.42 Å². The Hall–Kier alpha value is -1.55. The van der Waals surface area contributed by atoms with E-state index in [1.165, 1.54) is 0 Å². The van der Waals surface area contributed by atoms with Crippen molar-refractivity contribution in [1.29, 1.82) is 0 Å². The van der Waals surface area contributed by atoms with Crippen molar-refractivity contribution in [1.82, 2.24) is 0 Å². The molecule has 0 heterocycles. The topological polar surface area (TPSA) is 17.1 Å². The monoisotopic (exact) mass is 172 g/mol. The highest BCUT2D eigenvalue weighted by Crippen LogP contribution is 2.11. The number of carbonyl (C=O) groups is 1. The summed E-state index contributed by atoms with van der Waals surface area (Å²) < 4.78 is 0. The molecule has 0 aliphatic carbocycles. The van der Waals surface area contributed by atoms with Gasteiger partial charge in [0.1, 0.15) is 0 Å². The van der Waals surface area contributed by atoms with Crippen LogP contribution in [0, 0.1) is 12.3 Å². The molecule has 1 aromatic rings. The molecular formula is C12H12O. The molecule has 1 aromatic carbocycles. The summed E-state index contributed by atoms with van der Waals surface area (Å²) in [6.07, 6.45) is 6.15. The molecule has 1 heteroatoms. The molecule has 66 valence electrons. The fourth-order valence-corrected chi connectivity index (χ4v) is 1.29. The molecule has 0 N–H and O–H groups in total. The van der Waals surface area contributed by atoms with Crippen LogP contribution in [0.3, 0.4) is 0 Å². The van der Waals surface area contributed by atoms with E-state index in [9.17, 15) is 4.79 Å². The lowest BCUT2D eigenvalue weighted by atomic mass is 10.0. The number of benzene rings is 1. The van der Waals surface area contributed by atoms with Crippen LogP contribution in [0.5, 0.6) is 0 Å². The number of aryl methyl sites for hydroxylation is 1. The highest BCUT2D eigenvalue weighted by Gasteiger charge is 2.07. The molecular weight excluding hydrogens is 160 g/mol. The summed E-state index contributed by atoms with van der Waals surface area (Å²) in [6, 6.07) is 7.59. The van der Waals surface area contributed by atoms with E-state index in [1.54, 1.807) is 0 Å². The molecule has 0 radical (unpaired) electrons. The van der Waals surface area contributed by atoms with Gasteiger partial charge in [-0.05, 0) is 12.0 Å². The van der Waals surface area contributed by atoms with Crippen molar-refractivity contribution in [2.75, 3.05) is 0 Å². The second kappa shape index (κ2) is 4.47. The van der Waals surface area contributed by atoms with E-state index in [1.807, 2.05) is 31.2 Å². The Morgan fingerprint density at radius 3 is 2.77 bits per heavy atom. The first-order valence-corrected chi connectivity index (χ1v) is 4.34. The van der Waals surface area contributed by atoms with Gasteiger partial charge in [0.05, 0.1) is 6.42 Å². The minimum absolute atomic E-state index is 0.0416. The summed E-state index contributed by atoms with van der Waals surface area (Å²) in [5.74, 6) is 2.41. The maximum absolute atomic E-state index is 11.5. The lowest BCUT2D eigenvalue weighted by molar-refractivity contribution is 0.0997. The summed E-state index contributed by atoms with van der Waals surface area (Å²) in [7, 11) is 0. The van der Waals surface area contributed by atoms with Gasteiger partial charge in [0.25, 0.3) is 0 Å². The van der Waals surface area contributed by atoms with Gasteiger partial charge in [-0.3, -0.25) is 4.79 Å². The van der Waals surface area contributed by atoms with Gasteiger partial charge in [0.2, 0.25) is 0 Å². The zero-order valence-corrected chi connectivity index (χ0v) is 7.71. The number of Topliss-reactive ketones (excluding diaryl/α,β-unsaturated/α-hetero) is 1. The number of rotatable bonds is 3. The number of ketones is 1. The predicted octanol–water partition coefficient (Wildman–Crippen LogP) is 2.46. The summed E-state index contributed by atoms with van der Waals surface area (Å²) in [5.41, 5.74) is 1.84. The number of hydrogen-bond acceptors (Lipinski definition) is 1. The molecule has 0 bridgehead atoms. The smallest absolute Gasteiger partial charge is 0.174 e. The maximum Gasteiger partial charge on any atom is 0.174 e. The predicted molar refractivity (Wildman–Crippen MR) is 53.6 cm³/mol. The van der Waals surface area contributed by atoms with Crippen molar-refractivity contribution in [3.05, 3.63) is 35.4 Å². The first-order valence-electron chi connectivity index (χ1n) is 4.34. The quantitative estimate of drug-likeness (QED) is 0.505. The second-order valence-electron chi connectivity index (χ2n) is 2.81. The van der Waals surface area contributed by atoms with Crippen LogP contribution < -0.4 is 0 Å². The Bertz CT molecular complexity index is 344. The minimum Gasteiger partial charge on any atom is -0.293 e. The largest absolute Gasteiger partial charge is 0.293 e. The molecule has 13 heavy (non-hydrogen) atoms. The lowest BCUT2D eigenvalue weighted by Gasteiger charge is -2.03. The van der Waals surface area contributed by atoms with Crippen molar-refractivity contribution < 1.29 is 4.79 Å². The number of hydrogen-bond donors (Lipinski definition) is 0. The molecule has 0 spiro atoms. The average molecular weight is 172 g/mol. The zero-order chi connectivity index (χ0) is 9.68. The Morgan fingerprint density at radius 2 is 2.15 bits per heavy atom. The van der Waals surface area contributed by atoms with Gasteiger partial charge in [0.15, 0.2) is 5.78 Å². The van der Waals surface area contributed by atoms with Crippen LogP contribution >= 0.6 is 0 Å². The molecule has 0 aliphatic rings. The molecule has 0 aromatic heterocycles. The van der Waals surface area contributed by atoms with Gasteiger partial charge < -0.3 is 0 Å². The van der Waals surface area contributed by atoms with Gasteiger partial charge >= 0.3 is 0 Å². The zero-order valence-electron chi connectivity index (χ0n) is 7.71. The molecule has 0 atom stereocenters. The van der Waals surface area contributed by atoms with E-state index in [0.717, 1.165) is 17.5 Å². The van der Waals surface area contributed by atoms with Gasteiger partial charge in [0, 0.05) is 5.56 Å². The van der Waals surface area contributed by atoms with Crippen LogP contribution in [0.15, 0.2) is 24.3 Å². The Morgan fingerprint density at radius 1 is 1.46 bits per heavy atom. The molecule has 0 saturated carbocycles. The van der Waals surface area contributed by atoms with Crippen LogP contribution in [0.2, 0.25) is 0 Å². The molecule has 1 rings (SSSR count). The Balaban J connectivity index is 3.00. The third-order valence-corrected chi connectivity index (χ3v) is 1.96. The highest BCUT2D eigenvalue weighted by atomic mass is 16.1.